The lowest BCUT2D eigenvalue weighted by Gasteiger charge is -2.33. The summed E-state index contributed by atoms with van der Waals surface area (Å²) in [5.41, 5.74) is 1.09. The molecule has 2 atom stereocenters. The van der Waals surface area contributed by atoms with Gasteiger partial charge in [-0.3, -0.25) is 0 Å². The van der Waals surface area contributed by atoms with E-state index < -0.39 is 0 Å². The maximum atomic E-state index is 5.59. The molecule has 0 heterocycles. The molecule has 128 valence electrons. The van der Waals surface area contributed by atoms with Crippen LogP contribution in [0.5, 0.6) is 11.5 Å². The van der Waals surface area contributed by atoms with Gasteiger partial charge in [-0.15, -0.1) is 0 Å². The molecule has 0 bridgehead atoms. The maximum absolute atomic E-state index is 5.59. The first-order valence-electron chi connectivity index (χ1n) is 8.27. The first-order chi connectivity index (χ1) is 11.0. The summed E-state index contributed by atoms with van der Waals surface area (Å²) in [4.78, 5) is 2.07. The molecule has 4 nitrogen and oxygen atoms in total. The van der Waals surface area contributed by atoms with Gasteiger partial charge in [0.1, 0.15) is 11.5 Å². The Morgan fingerprint density at radius 3 is 2.65 bits per heavy atom. The summed E-state index contributed by atoms with van der Waals surface area (Å²) >= 11 is 5.59. The Bertz CT molecular complexity index is 536. The fraction of sp³-hybridized carbons (Fsp3) is 0.611. The highest BCUT2D eigenvalue weighted by Crippen LogP contribution is 2.26. The van der Waals surface area contributed by atoms with E-state index in [1.807, 2.05) is 25.2 Å². The highest BCUT2D eigenvalue weighted by molar-refractivity contribution is 7.80. The van der Waals surface area contributed by atoms with E-state index in [1.165, 1.54) is 25.7 Å². The Morgan fingerprint density at radius 1 is 1.26 bits per heavy atom. The van der Waals surface area contributed by atoms with Crippen molar-refractivity contribution in [2.75, 3.05) is 21.3 Å². The van der Waals surface area contributed by atoms with Crippen molar-refractivity contribution in [1.82, 2.24) is 10.2 Å². The average molecular weight is 337 g/mol. The lowest BCUT2D eigenvalue weighted by atomic mass is 9.86. The largest absolute Gasteiger partial charge is 0.497 e. The molecule has 1 fully saturated rings. The van der Waals surface area contributed by atoms with Gasteiger partial charge in [0, 0.05) is 31.3 Å². The molecule has 0 unspecified atom stereocenters. The molecule has 1 aliphatic rings. The van der Waals surface area contributed by atoms with E-state index in [-0.39, 0.29) is 0 Å². The zero-order valence-electron chi connectivity index (χ0n) is 14.6. The van der Waals surface area contributed by atoms with Crippen molar-refractivity contribution in [1.29, 1.82) is 0 Å². The maximum Gasteiger partial charge on any atom is 0.169 e. The molecular formula is C18H28N2O2S. The molecule has 0 amide bonds. The fourth-order valence-electron chi connectivity index (χ4n) is 3.11. The second-order valence-electron chi connectivity index (χ2n) is 6.35. The Kier molecular flexibility index (Phi) is 6.51. The van der Waals surface area contributed by atoms with Crippen LogP contribution >= 0.6 is 12.2 Å². The van der Waals surface area contributed by atoms with Crippen molar-refractivity contribution >= 4 is 17.3 Å². The third-order valence-electron chi connectivity index (χ3n) is 4.67. The van der Waals surface area contributed by atoms with Crippen molar-refractivity contribution in [3.8, 4) is 11.5 Å². The van der Waals surface area contributed by atoms with Gasteiger partial charge in [0.15, 0.2) is 5.11 Å². The van der Waals surface area contributed by atoms with Gasteiger partial charge in [0.2, 0.25) is 0 Å². The quantitative estimate of drug-likeness (QED) is 0.831. The second-order valence-corrected chi connectivity index (χ2v) is 6.74. The van der Waals surface area contributed by atoms with Crippen LogP contribution in [0, 0.1) is 5.92 Å². The van der Waals surface area contributed by atoms with Crippen LogP contribution in [-0.2, 0) is 6.54 Å². The van der Waals surface area contributed by atoms with Gasteiger partial charge < -0.3 is 19.7 Å². The average Bonchev–Trinajstić information content (AvgIpc) is 2.57. The van der Waals surface area contributed by atoms with Crippen molar-refractivity contribution < 1.29 is 9.47 Å². The van der Waals surface area contributed by atoms with Crippen LogP contribution in [0.25, 0.3) is 0 Å². The normalized spacial score (nSPS) is 20.7. The van der Waals surface area contributed by atoms with Gasteiger partial charge in [-0.2, -0.15) is 0 Å². The Balaban J connectivity index is 1.97. The van der Waals surface area contributed by atoms with E-state index in [0.717, 1.165) is 22.2 Å². The lowest BCUT2D eigenvalue weighted by molar-refractivity contribution is 0.300. The number of rotatable bonds is 5. The second kappa shape index (κ2) is 8.39. The smallest absolute Gasteiger partial charge is 0.169 e. The van der Waals surface area contributed by atoms with Crippen LogP contribution in [0.4, 0.5) is 0 Å². The van der Waals surface area contributed by atoms with Crippen LogP contribution in [-0.4, -0.2) is 37.3 Å². The summed E-state index contributed by atoms with van der Waals surface area (Å²) in [6.45, 7) is 3.02. The molecular weight excluding hydrogens is 308 g/mol. The van der Waals surface area contributed by atoms with Gasteiger partial charge >= 0.3 is 0 Å². The first-order valence-corrected chi connectivity index (χ1v) is 8.68. The molecule has 5 heteroatoms. The SMILES string of the molecule is COc1ccc(CN(C)C(=S)N[C@@H]2CCCC[C@H]2C)c(OC)c1. The summed E-state index contributed by atoms with van der Waals surface area (Å²) in [6, 6.07) is 6.38. The predicted octanol–water partition coefficient (Wildman–Crippen LogP) is 3.59. The fourth-order valence-corrected chi connectivity index (χ4v) is 3.33. The number of nitrogens with one attached hydrogen (secondary N) is 1. The minimum atomic E-state index is 0.497. The zero-order valence-corrected chi connectivity index (χ0v) is 15.4. The van der Waals surface area contributed by atoms with Crippen molar-refractivity contribution in [3.63, 3.8) is 0 Å². The van der Waals surface area contributed by atoms with Crippen molar-refractivity contribution in [2.24, 2.45) is 5.92 Å². The van der Waals surface area contributed by atoms with Crippen molar-refractivity contribution in [3.05, 3.63) is 23.8 Å². The molecule has 1 aromatic carbocycles. The highest BCUT2D eigenvalue weighted by atomic mass is 32.1. The van der Waals surface area contributed by atoms with Crippen LogP contribution in [0.3, 0.4) is 0 Å². The molecule has 0 aliphatic heterocycles. The third-order valence-corrected chi connectivity index (χ3v) is 5.10. The van der Waals surface area contributed by atoms with Gasteiger partial charge in [0.05, 0.1) is 14.2 Å². The van der Waals surface area contributed by atoms with Crippen LogP contribution in [0.15, 0.2) is 18.2 Å². The van der Waals surface area contributed by atoms with Gasteiger partial charge in [-0.05, 0) is 43.1 Å². The molecule has 1 aliphatic carbocycles. The van der Waals surface area contributed by atoms with Gasteiger partial charge in [-0.1, -0.05) is 19.8 Å². The summed E-state index contributed by atoms with van der Waals surface area (Å²) in [7, 11) is 5.36. The van der Waals surface area contributed by atoms with E-state index in [1.54, 1.807) is 14.2 Å². The molecule has 2 rings (SSSR count). The van der Waals surface area contributed by atoms with Crippen molar-refractivity contribution in [2.45, 2.75) is 45.2 Å². The summed E-state index contributed by atoms with van der Waals surface area (Å²) in [5.74, 6) is 2.31. The Morgan fingerprint density at radius 2 is 2.00 bits per heavy atom. The number of thiocarbonyl (C=S) groups is 1. The lowest BCUT2D eigenvalue weighted by Crippen LogP contribution is -2.46. The summed E-state index contributed by atoms with van der Waals surface area (Å²) in [5, 5.41) is 4.35. The predicted molar refractivity (Wildman–Crippen MR) is 98.2 cm³/mol. The van der Waals surface area contributed by atoms with E-state index in [2.05, 4.69) is 17.1 Å². The molecule has 0 aromatic heterocycles. The minimum absolute atomic E-state index is 0.497. The standard InChI is InChI=1S/C18H28N2O2S/c1-13-7-5-6-8-16(13)19-18(23)20(2)12-14-9-10-15(21-3)11-17(14)22-4/h9-11,13,16H,5-8,12H2,1-4H3,(H,19,23)/t13-,16-/m1/s1. The van der Waals surface area contributed by atoms with Crippen LogP contribution in [0.2, 0.25) is 0 Å². The molecule has 0 radical (unpaired) electrons. The number of ether oxygens (including phenoxy) is 2. The van der Waals surface area contributed by atoms with Crippen LogP contribution in [0.1, 0.15) is 38.2 Å². The highest BCUT2D eigenvalue weighted by Gasteiger charge is 2.22. The van der Waals surface area contributed by atoms with E-state index in [9.17, 15) is 0 Å². The van der Waals surface area contributed by atoms with Crippen LogP contribution < -0.4 is 14.8 Å². The molecule has 0 spiro atoms. The number of hydrogen-bond donors (Lipinski definition) is 1. The topological polar surface area (TPSA) is 33.7 Å². The first kappa shape index (κ1) is 17.9. The molecule has 1 saturated carbocycles. The molecule has 23 heavy (non-hydrogen) atoms. The molecule has 0 saturated heterocycles. The summed E-state index contributed by atoms with van der Waals surface area (Å²) in [6.07, 6.45) is 5.13. The number of hydrogen-bond acceptors (Lipinski definition) is 3. The molecule has 1 aromatic rings. The summed E-state index contributed by atoms with van der Waals surface area (Å²) < 4.78 is 10.7. The number of benzene rings is 1. The number of methoxy groups -OCH3 is 2. The van der Waals surface area contributed by atoms with E-state index >= 15 is 0 Å². The zero-order chi connectivity index (χ0) is 16.8. The van der Waals surface area contributed by atoms with E-state index in [4.69, 9.17) is 21.7 Å². The Labute approximate surface area is 145 Å². The molecule has 1 N–H and O–H groups in total. The van der Waals surface area contributed by atoms with Gasteiger partial charge in [-0.25, -0.2) is 0 Å². The monoisotopic (exact) mass is 336 g/mol. The third kappa shape index (κ3) is 4.74. The number of nitrogens with zero attached hydrogens (tertiary/aromatic N) is 1. The Hall–Kier alpha value is -1.49. The minimum Gasteiger partial charge on any atom is -0.497 e. The van der Waals surface area contributed by atoms with E-state index in [0.29, 0.717) is 18.5 Å². The van der Waals surface area contributed by atoms with Gasteiger partial charge in [0.25, 0.3) is 0 Å².